The SMILES string of the molecule is C#CCOCCOCCOCCNc1nc(N2CCN(C(=O)CCCCCCCCCCNC(=O)Cn3cc(CCCCCN)nn3)CC2)nc(N2CCN(C(=O)CCCCCCCCCCNC(=O)[C@@H]([C@H](C)O)n3cc(C)nn3)CC2)n1. The number of nitrogens with zero attached hydrogens (tertiary/aromatic N) is 13. The normalized spacial score (nSPS) is 14.4. The average molecular weight is 1160 g/mol. The molecule has 0 aromatic carbocycles. The van der Waals surface area contributed by atoms with Crippen LogP contribution in [-0.2, 0) is 46.4 Å². The van der Waals surface area contributed by atoms with E-state index in [2.05, 4.69) is 52.3 Å². The van der Waals surface area contributed by atoms with Crippen LogP contribution in [0.5, 0.6) is 0 Å². The lowest BCUT2D eigenvalue weighted by Gasteiger charge is -2.36. The Bertz CT molecular complexity index is 2310. The number of rotatable bonds is 45. The topological polar surface area (TPSA) is 291 Å². The smallest absolute Gasteiger partial charge is 0.247 e. The zero-order chi connectivity index (χ0) is 59.1. The Morgan fingerprint density at radius 1 is 0.627 bits per heavy atom. The number of carbonyl (C=O) groups is 4. The van der Waals surface area contributed by atoms with Crippen LogP contribution in [-0.4, -0.2) is 208 Å². The molecule has 2 aliphatic heterocycles. The van der Waals surface area contributed by atoms with Crippen LogP contribution in [0.3, 0.4) is 0 Å². The molecule has 0 unspecified atom stereocenters. The molecule has 25 nitrogen and oxygen atoms in total. The van der Waals surface area contributed by atoms with Gasteiger partial charge in [-0.3, -0.25) is 19.2 Å². The molecule has 25 heteroatoms. The molecule has 0 aliphatic carbocycles. The highest BCUT2D eigenvalue weighted by molar-refractivity contribution is 5.80. The predicted octanol–water partition coefficient (Wildman–Crippen LogP) is 4.00. The molecule has 2 aliphatic rings. The number of piperazine rings is 2. The van der Waals surface area contributed by atoms with E-state index in [1.54, 1.807) is 24.7 Å². The lowest BCUT2D eigenvalue weighted by Crippen LogP contribution is -2.50. The average Bonchev–Trinajstić information content (AvgIpc) is 4.17. The highest BCUT2D eigenvalue weighted by Crippen LogP contribution is 2.22. The van der Waals surface area contributed by atoms with Gasteiger partial charge in [0.2, 0.25) is 41.5 Å². The minimum Gasteiger partial charge on any atom is -0.391 e. The van der Waals surface area contributed by atoms with Crippen molar-refractivity contribution < 1.29 is 38.5 Å². The Balaban J connectivity index is 0.940. The second kappa shape index (κ2) is 41.0. The monoisotopic (exact) mass is 1160 g/mol. The molecule has 5 heterocycles. The number of hydrogen-bond donors (Lipinski definition) is 5. The van der Waals surface area contributed by atoms with Gasteiger partial charge in [-0.2, -0.15) is 15.0 Å². The van der Waals surface area contributed by atoms with Gasteiger partial charge >= 0.3 is 0 Å². The molecule has 0 saturated carbocycles. The Hall–Kier alpha value is -6.07. The van der Waals surface area contributed by atoms with E-state index in [0.717, 1.165) is 134 Å². The molecule has 5 rings (SSSR count). The minimum absolute atomic E-state index is 0.0439. The number of ether oxygens (including phenoxy) is 3. The summed E-state index contributed by atoms with van der Waals surface area (Å²) in [5, 5.41) is 35.6. The zero-order valence-electron chi connectivity index (χ0n) is 50.1. The number of aliphatic hydroxyl groups is 1. The third-order valence-electron chi connectivity index (χ3n) is 14.8. The van der Waals surface area contributed by atoms with Gasteiger partial charge in [0.25, 0.3) is 0 Å². The number of terminal acetylenes is 1. The molecule has 6 N–H and O–H groups in total. The molecule has 2 atom stereocenters. The molecule has 0 bridgehead atoms. The van der Waals surface area contributed by atoms with Crippen molar-refractivity contribution in [2.45, 2.75) is 174 Å². The predicted molar refractivity (Wildman–Crippen MR) is 318 cm³/mol. The molecule has 3 aromatic rings. The van der Waals surface area contributed by atoms with Crippen molar-refractivity contribution in [2.75, 3.05) is 133 Å². The molecule has 2 fully saturated rings. The van der Waals surface area contributed by atoms with E-state index >= 15 is 0 Å². The summed E-state index contributed by atoms with van der Waals surface area (Å²) in [5.74, 6) is 4.06. The van der Waals surface area contributed by atoms with E-state index in [0.29, 0.717) is 148 Å². The van der Waals surface area contributed by atoms with Crippen LogP contribution in [0.1, 0.15) is 159 Å². The third kappa shape index (κ3) is 27.5. The van der Waals surface area contributed by atoms with Gasteiger partial charge in [0.1, 0.15) is 13.2 Å². The maximum Gasteiger partial charge on any atom is 0.247 e. The van der Waals surface area contributed by atoms with Crippen LogP contribution in [0, 0.1) is 19.3 Å². The van der Waals surface area contributed by atoms with Gasteiger partial charge < -0.3 is 60.6 Å². The third-order valence-corrected chi connectivity index (χ3v) is 14.8. The molecule has 2 saturated heterocycles. The summed E-state index contributed by atoms with van der Waals surface area (Å²) in [7, 11) is 0. The lowest BCUT2D eigenvalue weighted by molar-refractivity contribution is -0.132. The molecule has 3 aromatic heterocycles. The Morgan fingerprint density at radius 3 is 1.67 bits per heavy atom. The van der Waals surface area contributed by atoms with Crippen LogP contribution in [0.15, 0.2) is 12.4 Å². The van der Waals surface area contributed by atoms with Gasteiger partial charge in [0.15, 0.2) is 6.04 Å². The van der Waals surface area contributed by atoms with Crippen molar-refractivity contribution in [3.8, 4) is 12.3 Å². The summed E-state index contributed by atoms with van der Waals surface area (Å²) in [4.78, 5) is 74.5. The fraction of sp³-hybridized carbons (Fsp3) is 0.776. The highest BCUT2D eigenvalue weighted by atomic mass is 16.5. The first kappa shape index (κ1) is 67.7. The summed E-state index contributed by atoms with van der Waals surface area (Å²) >= 11 is 0. The molecule has 83 heavy (non-hydrogen) atoms. The Kier molecular flexibility index (Phi) is 33.5. The zero-order valence-corrected chi connectivity index (χ0v) is 50.1. The standard InChI is InChI=1S/C58H99N17O8/c1-4-39-81-41-43-83-44-42-82-40-30-62-56-63-57(72-35-31-70(32-36-72)52(78)25-19-13-9-5-7-11-15-22-28-60-51(77)47-74-46-50(67-68-74)24-18-17-21-27-59)65-58(64-56)73-37-33-71(34-38-73)53(79)26-20-14-10-6-8-12-16-23-29-61-55(80)54(49(3)76)75-45-48(2)66-69-75/h1,45-46,49,54,76H,5-44,47,59H2,2-3H3,(H,60,77)(H,61,80)(H,62,63,64,65)/t49-,54+/m0/s1. The van der Waals surface area contributed by atoms with Crippen LogP contribution in [0.2, 0.25) is 0 Å². The van der Waals surface area contributed by atoms with Gasteiger partial charge in [-0.1, -0.05) is 99.8 Å². The second-order valence-corrected chi connectivity index (χ2v) is 21.7. The number of nitrogens with two attached hydrogens (primary N) is 1. The van der Waals surface area contributed by atoms with E-state index in [-0.39, 0.29) is 36.8 Å². The summed E-state index contributed by atoms with van der Waals surface area (Å²) in [6.45, 7) is 13.2. The van der Waals surface area contributed by atoms with Crippen LogP contribution < -0.4 is 31.5 Å². The molecular weight excluding hydrogens is 1060 g/mol. The minimum atomic E-state index is -0.888. The number of hydrogen-bond acceptors (Lipinski definition) is 19. The Morgan fingerprint density at radius 2 is 1.14 bits per heavy atom. The van der Waals surface area contributed by atoms with Crippen molar-refractivity contribution >= 4 is 41.5 Å². The second-order valence-electron chi connectivity index (χ2n) is 21.7. The first-order valence-electron chi connectivity index (χ1n) is 31.0. The van der Waals surface area contributed by atoms with Crippen molar-refractivity contribution in [1.82, 2.24) is 65.4 Å². The maximum atomic E-state index is 13.3. The molecule has 464 valence electrons. The van der Waals surface area contributed by atoms with Crippen LogP contribution in [0.25, 0.3) is 0 Å². The highest BCUT2D eigenvalue weighted by Gasteiger charge is 2.28. The first-order chi connectivity index (χ1) is 40.5. The van der Waals surface area contributed by atoms with E-state index in [1.165, 1.54) is 4.68 Å². The van der Waals surface area contributed by atoms with Gasteiger partial charge in [-0.25, -0.2) is 9.36 Å². The lowest BCUT2D eigenvalue weighted by atomic mass is 10.1. The fourth-order valence-electron chi connectivity index (χ4n) is 10.0. The fourth-order valence-corrected chi connectivity index (χ4v) is 10.0. The first-order valence-corrected chi connectivity index (χ1v) is 31.0. The van der Waals surface area contributed by atoms with Crippen molar-refractivity contribution in [2.24, 2.45) is 5.73 Å². The van der Waals surface area contributed by atoms with E-state index in [9.17, 15) is 24.3 Å². The molecule has 0 spiro atoms. The number of unbranched alkanes of at least 4 members (excludes halogenated alkanes) is 16. The molecule has 4 amide bonds. The van der Waals surface area contributed by atoms with E-state index in [1.807, 2.05) is 16.0 Å². The van der Waals surface area contributed by atoms with Gasteiger partial charge in [0, 0.05) is 97.2 Å². The van der Waals surface area contributed by atoms with Crippen LogP contribution in [0.4, 0.5) is 17.8 Å². The number of nitrogens with one attached hydrogen (secondary N) is 3. The Labute approximate surface area is 492 Å². The maximum absolute atomic E-state index is 13.3. The van der Waals surface area contributed by atoms with Crippen molar-refractivity contribution in [1.29, 1.82) is 0 Å². The number of carbonyl (C=O) groups excluding carboxylic acids is 4. The van der Waals surface area contributed by atoms with E-state index < -0.39 is 12.1 Å². The quantitative estimate of drug-likeness (QED) is 0.0395. The number of amides is 4. The number of anilines is 3. The van der Waals surface area contributed by atoms with Gasteiger partial charge in [0.05, 0.1) is 50.5 Å². The van der Waals surface area contributed by atoms with Gasteiger partial charge in [-0.15, -0.1) is 16.6 Å². The number of aliphatic hydroxyl groups excluding tert-OH is 1. The molecule has 0 radical (unpaired) electrons. The van der Waals surface area contributed by atoms with Gasteiger partial charge in [-0.05, 0) is 65.3 Å². The van der Waals surface area contributed by atoms with Crippen LogP contribution >= 0.6 is 0 Å². The largest absolute Gasteiger partial charge is 0.391 e. The summed E-state index contributed by atoms with van der Waals surface area (Å²) < 4.78 is 19.6. The summed E-state index contributed by atoms with van der Waals surface area (Å²) in [6.07, 6.45) is 29.5. The summed E-state index contributed by atoms with van der Waals surface area (Å²) in [6, 6.07) is -0.802. The number of aromatic nitrogens is 9. The number of aryl methyl sites for hydroxylation is 2. The van der Waals surface area contributed by atoms with Crippen molar-refractivity contribution in [3.05, 3.63) is 23.8 Å². The van der Waals surface area contributed by atoms with Crippen molar-refractivity contribution in [3.63, 3.8) is 0 Å². The summed E-state index contributed by atoms with van der Waals surface area (Å²) in [5.41, 5.74) is 7.17. The van der Waals surface area contributed by atoms with E-state index in [4.69, 9.17) is 41.3 Å². The molecular formula is C58H99N17O8.